The van der Waals surface area contributed by atoms with Crippen LogP contribution in [0.3, 0.4) is 0 Å². The van der Waals surface area contributed by atoms with E-state index in [0.29, 0.717) is 12.5 Å². The lowest BCUT2D eigenvalue weighted by Crippen LogP contribution is -2.32. The summed E-state index contributed by atoms with van der Waals surface area (Å²) < 4.78 is 28.3. The maximum Gasteiger partial charge on any atom is 0.211 e. The topological polar surface area (TPSA) is 76.0 Å². The highest BCUT2D eigenvalue weighted by Gasteiger charge is 2.17. The molecule has 0 spiro atoms. The van der Waals surface area contributed by atoms with Gasteiger partial charge in [-0.1, -0.05) is 0 Å². The molecule has 20 heavy (non-hydrogen) atoms. The van der Waals surface area contributed by atoms with Gasteiger partial charge in [-0.3, -0.25) is 4.68 Å². The van der Waals surface area contributed by atoms with Crippen LogP contribution in [0.1, 0.15) is 25.7 Å². The monoisotopic (exact) mass is 300 g/mol. The normalized spacial score (nSPS) is 17.4. The van der Waals surface area contributed by atoms with Crippen molar-refractivity contribution in [3.05, 3.63) is 18.5 Å². The molecular formula is C13H24N4O2S. The van der Waals surface area contributed by atoms with Gasteiger partial charge in [0.1, 0.15) is 0 Å². The summed E-state index contributed by atoms with van der Waals surface area (Å²) in [4.78, 5) is 0. The van der Waals surface area contributed by atoms with E-state index < -0.39 is 10.0 Å². The third-order valence-electron chi connectivity index (χ3n) is 3.70. The van der Waals surface area contributed by atoms with Crippen LogP contribution in [0, 0.1) is 5.92 Å². The zero-order valence-corrected chi connectivity index (χ0v) is 12.6. The average Bonchev–Trinajstić information content (AvgIpc) is 2.96. The lowest BCUT2D eigenvalue weighted by atomic mass is 9.96. The van der Waals surface area contributed by atoms with Gasteiger partial charge >= 0.3 is 0 Å². The number of hydrogen-bond donors (Lipinski definition) is 2. The second kappa shape index (κ2) is 7.75. The number of piperidine rings is 1. The second-order valence-electron chi connectivity index (χ2n) is 5.32. The Kier molecular flexibility index (Phi) is 6.00. The van der Waals surface area contributed by atoms with E-state index in [9.17, 15) is 8.42 Å². The number of nitrogens with zero attached hydrogens (tertiary/aromatic N) is 2. The van der Waals surface area contributed by atoms with Crippen molar-refractivity contribution < 1.29 is 8.42 Å². The van der Waals surface area contributed by atoms with Crippen LogP contribution < -0.4 is 10.0 Å². The SMILES string of the molecule is O=S(=O)(CCC1CCNCC1)NCCCn1cccn1. The molecule has 2 heterocycles. The van der Waals surface area contributed by atoms with Crippen LogP contribution in [-0.4, -0.2) is 43.6 Å². The summed E-state index contributed by atoms with van der Waals surface area (Å²) >= 11 is 0. The lowest BCUT2D eigenvalue weighted by molar-refractivity contribution is 0.365. The fraction of sp³-hybridized carbons (Fsp3) is 0.769. The highest BCUT2D eigenvalue weighted by atomic mass is 32.2. The fourth-order valence-electron chi connectivity index (χ4n) is 2.47. The summed E-state index contributed by atoms with van der Waals surface area (Å²) in [5.74, 6) is 0.802. The molecule has 0 unspecified atom stereocenters. The Labute approximate surface area is 121 Å². The standard InChI is InChI=1S/C13H24N4O2S/c18-20(19,12-5-13-3-8-14-9-4-13)16-7-2-11-17-10-1-6-15-17/h1,6,10,13-14,16H,2-5,7-9,11-12H2. The molecule has 7 heteroatoms. The predicted octanol–water partition coefficient (Wildman–Crippen LogP) is 0.582. The van der Waals surface area contributed by atoms with Gasteiger partial charge in [0.15, 0.2) is 0 Å². The molecule has 1 saturated heterocycles. The zero-order chi connectivity index (χ0) is 14.3. The molecule has 0 aromatic carbocycles. The highest BCUT2D eigenvalue weighted by Crippen LogP contribution is 2.16. The molecule has 2 N–H and O–H groups in total. The Bertz CT molecular complexity index is 467. The van der Waals surface area contributed by atoms with E-state index in [-0.39, 0.29) is 5.75 Å². The quantitative estimate of drug-likeness (QED) is 0.689. The van der Waals surface area contributed by atoms with Gasteiger partial charge in [0.05, 0.1) is 5.75 Å². The zero-order valence-electron chi connectivity index (χ0n) is 11.8. The maximum atomic E-state index is 11.9. The van der Waals surface area contributed by atoms with E-state index in [1.807, 2.05) is 16.9 Å². The Hall–Kier alpha value is -0.920. The second-order valence-corrected chi connectivity index (χ2v) is 7.24. The molecule has 0 saturated carbocycles. The number of rotatable bonds is 8. The molecule has 1 aliphatic heterocycles. The van der Waals surface area contributed by atoms with Gasteiger partial charge in [0.25, 0.3) is 0 Å². The van der Waals surface area contributed by atoms with Crippen molar-refractivity contribution in [2.45, 2.75) is 32.2 Å². The van der Waals surface area contributed by atoms with Gasteiger partial charge in [0.2, 0.25) is 10.0 Å². The molecular weight excluding hydrogens is 276 g/mol. The van der Waals surface area contributed by atoms with Gasteiger partial charge in [0, 0.05) is 25.5 Å². The summed E-state index contributed by atoms with van der Waals surface area (Å²) in [5, 5.41) is 7.38. The van der Waals surface area contributed by atoms with Crippen molar-refractivity contribution in [3.8, 4) is 0 Å². The third-order valence-corrected chi connectivity index (χ3v) is 5.12. The minimum absolute atomic E-state index is 0.249. The van der Waals surface area contributed by atoms with Crippen LogP contribution in [0.15, 0.2) is 18.5 Å². The molecule has 6 nitrogen and oxygen atoms in total. The van der Waals surface area contributed by atoms with Gasteiger partial charge in [-0.05, 0) is 50.8 Å². The van der Waals surface area contributed by atoms with Crippen molar-refractivity contribution in [2.75, 3.05) is 25.4 Å². The van der Waals surface area contributed by atoms with Crippen LogP contribution in [0.25, 0.3) is 0 Å². The van der Waals surface area contributed by atoms with Gasteiger partial charge < -0.3 is 5.32 Å². The summed E-state index contributed by atoms with van der Waals surface area (Å²) in [6, 6.07) is 1.86. The van der Waals surface area contributed by atoms with Crippen molar-refractivity contribution in [3.63, 3.8) is 0 Å². The minimum atomic E-state index is -3.12. The largest absolute Gasteiger partial charge is 0.317 e. The van der Waals surface area contributed by atoms with E-state index in [1.54, 1.807) is 6.20 Å². The van der Waals surface area contributed by atoms with Gasteiger partial charge in [-0.2, -0.15) is 5.10 Å². The van der Waals surface area contributed by atoms with E-state index in [4.69, 9.17) is 0 Å². The van der Waals surface area contributed by atoms with Crippen LogP contribution in [-0.2, 0) is 16.6 Å². The number of hydrogen-bond acceptors (Lipinski definition) is 4. The van der Waals surface area contributed by atoms with Crippen molar-refractivity contribution in [1.82, 2.24) is 19.8 Å². The maximum absolute atomic E-state index is 11.9. The summed E-state index contributed by atoms with van der Waals surface area (Å²) in [6.45, 7) is 3.25. The number of nitrogens with one attached hydrogen (secondary N) is 2. The van der Waals surface area contributed by atoms with Crippen LogP contribution in [0.4, 0.5) is 0 Å². The van der Waals surface area contributed by atoms with E-state index in [0.717, 1.165) is 45.3 Å². The molecule has 0 amide bonds. The average molecular weight is 300 g/mol. The smallest absolute Gasteiger partial charge is 0.211 e. The van der Waals surface area contributed by atoms with Crippen molar-refractivity contribution in [1.29, 1.82) is 0 Å². The molecule has 0 radical (unpaired) electrons. The first-order valence-corrected chi connectivity index (χ1v) is 8.96. The van der Waals surface area contributed by atoms with Gasteiger partial charge in [-0.15, -0.1) is 0 Å². The van der Waals surface area contributed by atoms with Crippen LogP contribution in [0.2, 0.25) is 0 Å². The van der Waals surface area contributed by atoms with Gasteiger partial charge in [-0.25, -0.2) is 13.1 Å². The Balaban J connectivity index is 1.60. The molecule has 114 valence electrons. The molecule has 1 aromatic heterocycles. The third kappa shape index (κ3) is 5.60. The number of aromatic nitrogens is 2. The highest BCUT2D eigenvalue weighted by molar-refractivity contribution is 7.89. The van der Waals surface area contributed by atoms with Crippen LogP contribution >= 0.6 is 0 Å². The van der Waals surface area contributed by atoms with Crippen molar-refractivity contribution in [2.24, 2.45) is 5.92 Å². The molecule has 1 aromatic rings. The summed E-state index contributed by atoms with van der Waals surface area (Å²) in [6.07, 6.45) is 7.32. The molecule has 0 atom stereocenters. The first kappa shape index (κ1) is 15.5. The van der Waals surface area contributed by atoms with Crippen molar-refractivity contribution >= 4 is 10.0 Å². The molecule has 1 aliphatic rings. The lowest BCUT2D eigenvalue weighted by Gasteiger charge is -2.22. The minimum Gasteiger partial charge on any atom is -0.317 e. The molecule has 2 rings (SSSR count). The first-order valence-electron chi connectivity index (χ1n) is 7.31. The number of sulfonamides is 1. The van der Waals surface area contributed by atoms with E-state index in [1.165, 1.54) is 0 Å². The number of aryl methyl sites for hydroxylation is 1. The summed E-state index contributed by atoms with van der Waals surface area (Å²) in [7, 11) is -3.12. The van der Waals surface area contributed by atoms with E-state index in [2.05, 4.69) is 15.1 Å². The molecule has 1 fully saturated rings. The molecule has 0 bridgehead atoms. The van der Waals surface area contributed by atoms with Crippen LogP contribution in [0.5, 0.6) is 0 Å². The Morgan fingerprint density at radius 2 is 2.15 bits per heavy atom. The summed E-state index contributed by atoms with van der Waals surface area (Å²) in [5.41, 5.74) is 0. The van der Waals surface area contributed by atoms with E-state index >= 15 is 0 Å². The molecule has 0 aliphatic carbocycles. The first-order chi connectivity index (χ1) is 9.66. The fourth-order valence-corrected chi connectivity index (χ4v) is 3.71. The Morgan fingerprint density at radius 1 is 1.35 bits per heavy atom. The predicted molar refractivity (Wildman–Crippen MR) is 78.8 cm³/mol. The Morgan fingerprint density at radius 3 is 2.85 bits per heavy atom.